The molecule has 0 aromatic heterocycles. The second-order valence-electron chi connectivity index (χ2n) is 5.40. The molecule has 1 rings (SSSR count). The largest absolute Gasteiger partial charge is 0.481 e. The molecule has 116 valence electrons. The van der Waals surface area contributed by atoms with E-state index in [-0.39, 0.29) is 18.2 Å². The molecule has 0 unspecified atom stereocenters. The second kappa shape index (κ2) is 8.39. The third kappa shape index (κ3) is 6.06. The molecule has 0 bridgehead atoms. The van der Waals surface area contributed by atoms with E-state index in [1.54, 1.807) is 18.2 Å². The van der Waals surface area contributed by atoms with Crippen molar-refractivity contribution in [3.05, 3.63) is 33.3 Å². The number of carboxylic acid groups (broad SMARTS) is 1. The van der Waals surface area contributed by atoms with Crippen LogP contribution in [-0.2, 0) is 4.79 Å². The molecule has 0 aliphatic heterocycles. The van der Waals surface area contributed by atoms with Crippen molar-refractivity contribution >= 4 is 39.4 Å². The van der Waals surface area contributed by atoms with Crippen LogP contribution in [-0.4, -0.2) is 23.5 Å². The Hall–Kier alpha value is -1.07. The van der Waals surface area contributed by atoms with Crippen molar-refractivity contribution in [1.82, 2.24) is 5.32 Å². The van der Waals surface area contributed by atoms with Crippen LogP contribution in [0.1, 0.15) is 37.0 Å². The summed E-state index contributed by atoms with van der Waals surface area (Å²) in [4.78, 5) is 23.0. The molecule has 0 saturated heterocycles. The van der Waals surface area contributed by atoms with Crippen molar-refractivity contribution in [1.29, 1.82) is 0 Å². The van der Waals surface area contributed by atoms with Crippen molar-refractivity contribution < 1.29 is 14.7 Å². The minimum atomic E-state index is -0.851. The Morgan fingerprint density at radius 2 is 2.05 bits per heavy atom. The predicted octanol–water partition coefficient (Wildman–Crippen LogP) is 3.97. The quantitative estimate of drug-likeness (QED) is 0.756. The summed E-state index contributed by atoms with van der Waals surface area (Å²) >= 11 is 9.34. The summed E-state index contributed by atoms with van der Waals surface area (Å²) in [6.07, 6.45) is 0.795. The molecular formula is C15H19BrClNO3. The summed E-state index contributed by atoms with van der Waals surface area (Å²) in [5, 5.41) is 12.0. The molecule has 0 radical (unpaired) electrons. The van der Waals surface area contributed by atoms with Crippen LogP contribution in [0.15, 0.2) is 22.7 Å². The standard InChI is InChI=1S/C15H19BrClNO3/c1-9(2)6-10(7-13(19)20)8-18-15(21)11-4-3-5-12(16)14(11)17/h3-5,9-10H,6-8H2,1-2H3,(H,18,21)(H,19,20)/t10-/m0/s1. The monoisotopic (exact) mass is 375 g/mol. The van der Waals surface area contributed by atoms with Crippen molar-refractivity contribution in [2.45, 2.75) is 26.7 Å². The third-order valence-corrected chi connectivity index (χ3v) is 4.31. The molecule has 21 heavy (non-hydrogen) atoms. The molecule has 0 aliphatic rings. The van der Waals surface area contributed by atoms with Crippen molar-refractivity contribution in [3.63, 3.8) is 0 Å². The summed E-state index contributed by atoms with van der Waals surface area (Å²) in [6, 6.07) is 5.12. The lowest BCUT2D eigenvalue weighted by Gasteiger charge is -2.18. The summed E-state index contributed by atoms with van der Waals surface area (Å²) in [7, 11) is 0. The zero-order valence-electron chi connectivity index (χ0n) is 12.0. The number of rotatable bonds is 7. The topological polar surface area (TPSA) is 66.4 Å². The Morgan fingerprint density at radius 1 is 1.38 bits per heavy atom. The first-order valence-corrected chi connectivity index (χ1v) is 7.92. The van der Waals surface area contributed by atoms with Crippen LogP contribution >= 0.6 is 27.5 Å². The fraction of sp³-hybridized carbons (Fsp3) is 0.467. The Bertz CT molecular complexity index is 520. The number of halogens is 2. The highest BCUT2D eigenvalue weighted by Gasteiger charge is 2.18. The van der Waals surface area contributed by atoms with Gasteiger partial charge in [-0.1, -0.05) is 31.5 Å². The minimum absolute atomic E-state index is 0.0463. The van der Waals surface area contributed by atoms with Gasteiger partial charge in [0.2, 0.25) is 0 Å². The number of benzene rings is 1. The Kier molecular flexibility index (Phi) is 7.18. The molecule has 1 aromatic rings. The van der Waals surface area contributed by atoms with E-state index >= 15 is 0 Å². The number of carboxylic acids is 1. The Balaban J connectivity index is 2.68. The molecular weight excluding hydrogens is 358 g/mol. The normalized spacial score (nSPS) is 12.2. The van der Waals surface area contributed by atoms with Gasteiger partial charge < -0.3 is 10.4 Å². The average Bonchev–Trinajstić information content (AvgIpc) is 2.37. The van der Waals surface area contributed by atoms with Crippen LogP contribution in [0.5, 0.6) is 0 Å². The molecule has 0 aliphatic carbocycles. The van der Waals surface area contributed by atoms with Gasteiger partial charge in [-0.05, 0) is 46.3 Å². The zero-order valence-corrected chi connectivity index (χ0v) is 14.4. The molecule has 0 saturated carbocycles. The number of carbonyl (C=O) groups is 2. The van der Waals surface area contributed by atoms with Gasteiger partial charge >= 0.3 is 5.97 Å². The van der Waals surface area contributed by atoms with Crippen molar-refractivity contribution in [2.24, 2.45) is 11.8 Å². The van der Waals surface area contributed by atoms with Crippen molar-refractivity contribution in [3.8, 4) is 0 Å². The molecule has 4 nitrogen and oxygen atoms in total. The van der Waals surface area contributed by atoms with Crippen LogP contribution in [0, 0.1) is 11.8 Å². The van der Waals surface area contributed by atoms with Crippen LogP contribution in [0.2, 0.25) is 5.02 Å². The lowest BCUT2D eigenvalue weighted by molar-refractivity contribution is -0.138. The summed E-state index contributed by atoms with van der Waals surface area (Å²) in [5.74, 6) is -0.853. The maximum atomic E-state index is 12.1. The summed E-state index contributed by atoms with van der Waals surface area (Å²) < 4.78 is 0.654. The molecule has 1 aromatic carbocycles. The van der Waals surface area contributed by atoms with Crippen LogP contribution < -0.4 is 5.32 Å². The van der Waals surface area contributed by atoms with E-state index in [2.05, 4.69) is 21.2 Å². The number of nitrogens with one attached hydrogen (secondary N) is 1. The van der Waals surface area contributed by atoms with Gasteiger partial charge in [0.15, 0.2) is 0 Å². The van der Waals surface area contributed by atoms with Crippen molar-refractivity contribution in [2.75, 3.05) is 6.54 Å². The SMILES string of the molecule is CC(C)C[C@H](CNC(=O)c1cccc(Br)c1Cl)CC(=O)O. The van der Waals surface area contributed by atoms with Gasteiger partial charge in [-0.15, -0.1) is 0 Å². The highest BCUT2D eigenvalue weighted by atomic mass is 79.9. The number of amides is 1. The fourth-order valence-corrected chi connectivity index (χ4v) is 2.74. The average molecular weight is 377 g/mol. The predicted molar refractivity (Wildman–Crippen MR) is 86.7 cm³/mol. The lowest BCUT2D eigenvalue weighted by atomic mass is 9.94. The van der Waals surface area contributed by atoms with Crippen LogP contribution in [0.4, 0.5) is 0 Å². The molecule has 1 amide bonds. The second-order valence-corrected chi connectivity index (χ2v) is 6.64. The number of carbonyl (C=O) groups excluding carboxylic acids is 1. The summed E-state index contributed by atoms with van der Waals surface area (Å²) in [6.45, 7) is 4.38. The van der Waals surface area contributed by atoms with E-state index in [1.807, 2.05) is 13.8 Å². The van der Waals surface area contributed by atoms with Gasteiger partial charge in [-0.25, -0.2) is 0 Å². The number of hydrogen-bond acceptors (Lipinski definition) is 2. The third-order valence-electron chi connectivity index (χ3n) is 3.02. The maximum Gasteiger partial charge on any atom is 0.303 e. The number of hydrogen-bond donors (Lipinski definition) is 2. The molecule has 0 spiro atoms. The van der Waals surface area contributed by atoms with Gasteiger partial charge in [0.05, 0.1) is 10.6 Å². The lowest BCUT2D eigenvalue weighted by Crippen LogP contribution is -2.31. The first kappa shape index (κ1) is 18.0. The van der Waals surface area contributed by atoms with Gasteiger partial charge in [-0.3, -0.25) is 9.59 Å². The van der Waals surface area contributed by atoms with E-state index in [9.17, 15) is 9.59 Å². The first-order chi connectivity index (χ1) is 9.81. The van der Waals surface area contributed by atoms with Crippen LogP contribution in [0.3, 0.4) is 0 Å². The van der Waals surface area contributed by atoms with Gasteiger partial charge in [-0.2, -0.15) is 0 Å². The fourth-order valence-electron chi connectivity index (χ4n) is 2.16. The highest BCUT2D eigenvalue weighted by molar-refractivity contribution is 9.10. The highest BCUT2D eigenvalue weighted by Crippen LogP contribution is 2.26. The molecule has 6 heteroatoms. The van der Waals surface area contributed by atoms with E-state index < -0.39 is 5.97 Å². The molecule has 2 N–H and O–H groups in total. The van der Waals surface area contributed by atoms with E-state index in [1.165, 1.54) is 0 Å². The van der Waals surface area contributed by atoms with E-state index in [0.717, 1.165) is 6.42 Å². The Labute approximate surface area is 138 Å². The Morgan fingerprint density at radius 3 is 2.62 bits per heavy atom. The minimum Gasteiger partial charge on any atom is -0.481 e. The molecule has 0 heterocycles. The molecule has 0 fully saturated rings. The zero-order chi connectivity index (χ0) is 16.0. The smallest absolute Gasteiger partial charge is 0.303 e. The molecule has 1 atom stereocenters. The van der Waals surface area contributed by atoms with Gasteiger partial charge in [0.25, 0.3) is 5.91 Å². The maximum absolute atomic E-state index is 12.1. The first-order valence-electron chi connectivity index (χ1n) is 6.75. The number of aliphatic carboxylic acids is 1. The van der Waals surface area contributed by atoms with E-state index in [4.69, 9.17) is 16.7 Å². The summed E-state index contributed by atoms with van der Waals surface area (Å²) in [5.41, 5.74) is 0.379. The van der Waals surface area contributed by atoms with Crippen LogP contribution in [0.25, 0.3) is 0 Å². The van der Waals surface area contributed by atoms with Gasteiger partial charge in [0.1, 0.15) is 0 Å². The van der Waals surface area contributed by atoms with E-state index in [0.29, 0.717) is 27.5 Å². The van der Waals surface area contributed by atoms with Gasteiger partial charge in [0, 0.05) is 17.4 Å².